The number of piperazine rings is 1. The van der Waals surface area contributed by atoms with E-state index in [2.05, 4.69) is 10.0 Å². The van der Waals surface area contributed by atoms with Crippen LogP contribution in [0.25, 0.3) is 0 Å². The van der Waals surface area contributed by atoms with Gasteiger partial charge in [-0.15, -0.1) is 0 Å². The first-order valence-electron chi connectivity index (χ1n) is 9.00. The van der Waals surface area contributed by atoms with Crippen LogP contribution in [0.1, 0.15) is 28.4 Å². The molecule has 144 valence electrons. The minimum atomic E-state index is -3.79. The molecule has 1 fully saturated rings. The molecule has 0 aromatic heterocycles. The van der Waals surface area contributed by atoms with E-state index in [1.165, 1.54) is 6.07 Å². The second-order valence-corrected chi connectivity index (χ2v) is 8.65. The van der Waals surface area contributed by atoms with Gasteiger partial charge < -0.3 is 10.2 Å². The number of amides is 1. The van der Waals surface area contributed by atoms with Crippen LogP contribution in [0.4, 0.5) is 5.69 Å². The molecule has 3 rings (SSSR count). The molecule has 0 unspecified atom stereocenters. The van der Waals surface area contributed by atoms with E-state index < -0.39 is 10.0 Å². The molecule has 6 nitrogen and oxygen atoms in total. The summed E-state index contributed by atoms with van der Waals surface area (Å²) in [5.41, 5.74) is 2.53. The van der Waals surface area contributed by atoms with Gasteiger partial charge in [-0.1, -0.05) is 23.8 Å². The number of rotatable bonds is 4. The standard InChI is InChI=1S/C20H25N3O3S/c1-14-4-8-18(9-5-14)22-27(25,26)19-12-17(7-6-15(19)2)20(24)23-11-10-21-13-16(23)3/h4-9,12,16,21-22H,10-11,13H2,1-3H3/t16-/m0/s1. The van der Waals surface area contributed by atoms with Crippen LogP contribution >= 0.6 is 0 Å². The van der Waals surface area contributed by atoms with Crippen molar-refractivity contribution in [3.05, 3.63) is 59.2 Å². The van der Waals surface area contributed by atoms with Crippen LogP contribution < -0.4 is 10.0 Å². The molecule has 2 N–H and O–H groups in total. The van der Waals surface area contributed by atoms with Gasteiger partial charge in [0, 0.05) is 36.9 Å². The highest BCUT2D eigenvalue weighted by molar-refractivity contribution is 7.92. The third-order valence-corrected chi connectivity index (χ3v) is 6.31. The quantitative estimate of drug-likeness (QED) is 0.845. The first-order chi connectivity index (χ1) is 12.8. The van der Waals surface area contributed by atoms with Gasteiger partial charge in [-0.25, -0.2) is 8.42 Å². The molecule has 2 aromatic rings. The van der Waals surface area contributed by atoms with Crippen LogP contribution in [-0.2, 0) is 10.0 Å². The zero-order chi connectivity index (χ0) is 19.6. The normalized spacial score (nSPS) is 17.6. The average molecular weight is 388 g/mol. The first-order valence-corrected chi connectivity index (χ1v) is 10.5. The number of carbonyl (C=O) groups excluding carboxylic acids is 1. The van der Waals surface area contributed by atoms with Crippen molar-refractivity contribution in [3.8, 4) is 0 Å². The molecule has 0 radical (unpaired) electrons. The van der Waals surface area contributed by atoms with Gasteiger partial charge in [-0.3, -0.25) is 9.52 Å². The van der Waals surface area contributed by atoms with Gasteiger partial charge in [0.25, 0.3) is 15.9 Å². The first kappa shape index (κ1) is 19.4. The molecule has 7 heteroatoms. The summed E-state index contributed by atoms with van der Waals surface area (Å²) in [7, 11) is -3.79. The summed E-state index contributed by atoms with van der Waals surface area (Å²) in [6.45, 7) is 7.73. The van der Waals surface area contributed by atoms with E-state index >= 15 is 0 Å². The summed E-state index contributed by atoms with van der Waals surface area (Å²) in [5.74, 6) is -0.143. The molecule has 1 heterocycles. The summed E-state index contributed by atoms with van der Waals surface area (Å²) in [4.78, 5) is 14.8. The van der Waals surface area contributed by atoms with Crippen molar-refractivity contribution in [2.45, 2.75) is 31.7 Å². The fraction of sp³-hybridized carbons (Fsp3) is 0.350. The number of nitrogens with one attached hydrogen (secondary N) is 2. The van der Waals surface area contributed by atoms with Crippen LogP contribution in [0.2, 0.25) is 0 Å². The monoisotopic (exact) mass is 387 g/mol. The van der Waals surface area contributed by atoms with Crippen molar-refractivity contribution in [3.63, 3.8) is 0 Å². The predicted molar refractivity (Wildman–Crippen MR) is 107 cm³/mol. The third-order valence-electron chi connectivity index (χ3n) is 4.79. The van der Waals surface area contributed by atoms with E-state index in [1.807, 2.05) is 26.0 Å². The lowest BCUT2D eigenvalue weighted by Crippen LogP contribution is -2.52. The maximum Gasteiger partial charge on any atom is 0.262 e. The van der Waals surface area contributed by atoms with Crippen LogP contribution in [0.5, 0.6) is 0 Å². The van der Waals surface area contributed by atoms with E-state index in [4.69, 9.17) is 0 Å². The fourth-order valence-electron chi connectivity index (χ4n) is 3.16. The Morgan fingerprint density at radius 2 is 1.85 bits per heavy atom. The van der Waals surface area contributed by atoms with Gasteiger partial charge in [0.1, 0.15) is 0 Å². The average Bonchev–Trinajstić information content (AvgIpc) is 2.63. The maximum absolute atomic E-state index is 12.9. The van der Waals surface area contributed by atoms with Crippen molar-refractivity contribution in [1.29, 1.82) is 0 Å². The minimum absolute atomic E-state index is 0.0679. The zero-order valence-electron chi connectivity index (χ0n) is 15.8. The summed E-state index contributed by atoms with van der Waals surface area (Å²) in [6, 6.07) is 12.1. The van der Waals surface area contributed by atoms with Gasteiger partial charge in [0.15, 0.2) is 0 Å². The Kier molecular flexibility index (Phi) is 5.53. The summed E-state index contributed by atoms with van der Waals surface area (Å²) in [6.07, 6.45) is 0. The topological polar surface area (TPSA) is 78.5 Å². The molecule has 1 aliphatic rings. The molecule has 1 aliphatic heterocycles. The third kappa shape index (κ3) is 4.31. The molecule has 27 heavy (non-hydrogen) atoms. The number of sulfonamides is 1. The van der Waals surface area contributed by atoms with Crippen molar-refractivity contribution < 1.29 is 13.2 Å². The molecule has 0 aliphatic carbocycles. The Morgan fingerprint density at radius 1 is 1.15 bits per heavy atom. The SMILES string of the molecule is Cc1ccc(NS(=O)(=O)c2cc(C(=O)N3CCNC[C@@H]3C)ccc2C)cc1. The maximum atomic E-state index is 12.9. The number of carbonyl (C=O) groups is 1. The fourth-order valence-corrected chi connectivity index (χ4v) is 4.49. The number of hydrogen-bond donors (Lipinski definition) is 2. The second kappa shape index (κ2) is 7.70. The zero-order valence-corrected chi connectivity index (χ0v) is 16.6. The summed E-state index contributed by atoms with van der Waals surface area (Å²) in [5, 5.41) is 3.25. The van der Waals surface area contributed by atoms with E-state index in [0.29, 0.717) is 23.4 Å². The summed E-state index contributed by atoms with van der Waals surface area (Å²) < 4.78 is 28.3. The van der Waals surface area contributed by atoms with Crippen LogP contribution in [-0.4, -0.2) is 44.9 Å². The van der Waals surface area contributed by atoms with Gasteiger partial charge in [0.2, 0.25) is 0 Å². The molecule has 0 bridgehead atoms. The van der Waals surface area contributed by atoms with Gasteiger partial charge >= 0.3 is 0 Å². The number of anilines is 1. The number of benzene rings is 2. The van der Waals surface area contributed by atoms with E-state index in [-0.39, 0.29) is 16.8 Å². The van der Waals surface area contributed by atoms with E-state index in [1.54, 1.807) is 36.1 Å². The predicted octanol–water partition coefficient (Wildman–Crippen LogP) is 2.54. The second-order valence-electron chi connectivity index (χ2n) is 7.00. The highest BCUT2D eigenvalue weighted by Crippen LogP contribution is 2.22. The van der Waals surface area contributed by atoms with Crippen molar-refractivity contribution in [2.75, 3.05) is 24.4 Å². The minimum Gasteiger partial charge on any atom is -0.333 e. The molecule has 2 aromatic carbocycles. The molecular weight excluding hydrogens is 362 g/mol. The highest BCUT2D eigenvalue weighted by atomic mass is 32.2. The lowest BCUT2D eigenvalue weighted by molar-refractivity contribution is 0.0655. The molecule has 1 saturated heterocycles. The van der Waals surface area contributed by atoms with Crippen molar-refractivity contribution >= 4 is 21.6 Å². The largest absolute Gasteiger partial charge is 0.333 e. The Hall–Kier alpha value is -2.38. The van der Waals surface area contributed by atoms with E-state index in [0.717, 1.165) is 18.7 Å². The number of nitrogens with zero attached hydrogens (tertiary/aromatic N) is 1. The molecule has 1 atom stereocenters. The van der Waals surface area contributed by atoms with Crippen LogP contribution in [0, 0.1) is 13.8 Å². The summed E-state index contributed by atoms with van der Waals surface area (Å²) >= 11 is 0. The van der Waals surface area contributed by atoms with Crippen LogP contribution in [0.3, 0.4) is 0 Å². The number of aryl methyl sites for hydroxylation is 2. The van der Waals surface area contributed by atoms with Gasteiger partial charge in [-0.05, 0) is 50.6 Å². The molecule has 1 amide bonds. The Morgan fingerprint density at radius 3 is 2.52 bits per heavy atom. The van der Waals surface area contributed by atoms with Crippen molar-refractivity contribution in [2.24, 2.45) is 0 Å². The van der Waals surface area contributed by atoms with Gasteiger partial charge in [-0.2, -0.15) is 0 Å². The highest BCUT2D eigenvalue weighted by Gasteiger charge is 2.26. The lowest BCUT2D eigenvalue weighted by atomic mass is 10.1. The number of hydrogen-bond acceptors (Lipinski definition) is 4. The molecule has 0 spiro atoms. The molecular formula is C20H25N3O3S. The van der Waals surface area contributed by atoms with Gasteiger partial charge in [0.05, 0.1) is 4.90 Å². The Labute approximate surface area is 160 Å². The smallest absolute Gasteiger partial charge is 0.262 e. The van der Waals surface area contributed by atoms with Crippen LogP contribution in [0.15, 0.2) is 47.4 Å². The van der Waals surface area contributed by atoms with Crippen molar-refractivity contribution in [1.82, 2.24) is 10.2 Å². The Balaban J connectivity index is 1.90. The lowest BCUT2D eigenvalue weighted by Gasteiger charge is -2.34. The van der Waals surface area contributed by atoms with E-state index in [9.17, 15) is 13.2 Å². The Bertz CT molecular complexity index is 939. The molecule has 0 saturated carbocycles.